The Morgan fingerprint density at radius 3 is 2.62 bits per heavy atom. The van der Waals surface area contributed by atoms with Crippen molar-refractivity contribution in [3.05, 3.63) is 57.6 Å². The molecule has 0 radical (unpaired) electrons. The van der Waals surface area contributed by atoms with Crippen molar-refractivity contribution in [1.82, 2.24) is 0 Å². The number of amides is 1. The van der Waals surface area contributed by atoms with Crippen molar-refractivity contribution in [3.63, 3.8) is 0 Å². The Kier molecular flexibility index (Phi) is 6.06. The molecular formula is C17H15Cl2NO4. The van der Waals surface area contributed by atoms with Crippen LogP contribution in [-0.4, -0.2) is 25.6 Å². The van der Waals surface area contributed by atoms with Gasteiger partial charge in [0.05, 0.1) is 22.8 Å². The van der Waals surface area contributed by atoms with Crippen LogP contribution in [-0.2, 0) is 9.53 Å². The van der Waals surface area contributed by atoms with Gasteiger partial charge in [0.15, 0.2) is 6.61 Å². The van der Waals surface area contributed by atoms with E-state index in [1.807, 2.05) is 13.0 Å². The zero-order valence-electron chi connectivity index (χ0n) is 13.1. The number of carbonyl (C=O) groups excluding carboxylic acids is 2. The molecule has 0 saturated carbocycles. The van der Waals surface area contributed by atoms with Gasteiger partial charge in [0, 0.05) is 0 Å². The summed E-state index contributed by atoms with van der Waals surface area (Å²) >= 11 is 11.9. The SMILES string of the molecule is COc1ccc(C)cc1C(=O)OCC(=O)Nc1cccc(Cl)c1Cl. The number of aryl methyl sites for hydroxylation is 1. The molecule has 2 aromatic carbocycles. The molecule has 126 valence electrons. The maximum atomic E-state index is 12.1. The zero-order valence-corrected chi connectivity index (χ0v) is 14.6. The number of ether oxygens (including phenoxy) is 2. The van der Waals surface area contributed by atoms with Gasteiger partial charge in [0.2, 0.25) is 0 Å². The highest BCUT2D eigenvalue weighted by Gasteiger charge is 2.16. The van der Waals surface area contributed by atoms with Gasteiger partial charge in [-0.1, -0.05) is 40.9 Å². The van der Waals surface area contributed by atoms with Crippen molar-refractivity contribution in [2.75, 3.05) is 19.0 Å². The maximum Gasteiger partial charge on any atom is 0.342 e. The van der Waals surface area contributed by atoms with Crippen molar-refractivity contribution >= 4 is 40.8 Å². The Bertz CT molecular complexity index is 777. The molecule has 0 bridgehead atoms. The van der Waals surface area contributed by atoms with Gasteiger partial charge in [-0.2, -0.15) is 0 Å². The summed E-state index contributed by atoms with van der Waals surface area (Å²) in [5, 5.41) is 3.07. The van der Waals surface area contributed by atoms with Crippen LogP contribution in [0.1, 0.15) is 15.9 Å². The monoisotopic (exact) mass is 367 g/mol. The minimum atomic E-state index is -0.650. The normalized spacial score (nSPS) is 10.2. The summed E-state index contributed by atoms with van der Waals surface area (Å²) in [4.78, 5) is 24.0. The number of carbonyl (C=O) groups is 2. The predicted molar refractivity (Wildman–Crippen MR) is 93.1 cm³/mol. The lowest BCUT2D eigenvalue weighted by Crippen LogP contribution is -2.21. The topological polar surface area (TPSA) is 64.6 Å². The number of esters is 1. The van der Waals surface area contributed by atoms with Crippen molar-refractivity contribution in [1.29, 1.82) is 0 Å². The zero-order chi connectivity index (χ0) is 17.7. The van der Waals surface area contributed by atoms with Gasteiger partial charge >= 0.3 is 5.97 Å². The summed E-state index contributed by atoms with van der Waals surface area (Å²) in [6.07, 6.45) is 0. The highest BCUT2D eigenvalue weighted by atomic mass is 35.5. The Morgan fingerprint density at radius 2 is 1.92 bits per heavy atom. The summed E-state index contributed by atoms with van der Waals surface area (Å²) in [5.41, 5.74) is 1.47. The number of rotatable bonds is 5. The number of hydrogen-bond acceptors (Lipinski definition) is 4. The molecule has 0 aliphatic rings. The van der Waals surface area contributed by atoms with E-state index in [0.717, 1.165) is 5.56 Å². The molecule has 0 saturated heterocycles. The number of benzene rings is 2. The molecule has 7 heteroatoms. The van der Waals surface area contributed by atoms with E-state index in [1.165, 1.54) is 7.11 Å². The average molecular weight is 368 g/mol. The molecule has 0 aromatic heterocycles. The fraction of sp³-hybridized carbons (Fsp3) is 0.176. The van der Waals surface area contributed by atoms with Crippen molar-refractivity contribution < 1.29 is 19.1 Å². The molecule has 1 amide bonds. The molecule has 1 N–H and O–H groups in total. The highest BCUT2D eigenvalue weighted by molar-refractivity contribution is 6.44. The first-order chi connectivity index (χ1) is 11.4. The van der Waals surface area contributed by atoms with Gasteiger partial charge in [-0.05, 0) is 31.2 Å². The van der Waals surface area contributed by atoms with E-state index in [4.69, 9.17) is 32.7 Å². The van der Waals surface area contributed by atoms with E-state index < -0.39 is 18.5 Å². The quantitative estimate of drug-likeness (QED) is 0.807. The van der Waals surface area contributed by atoms with Gasteiger partial charge in [-0.3, -0.25) is 4.79 Å². The fourth-order valence-corrected chi connectivity index (χ4v) is 2.32. The molecule has 2 aromatic rings. The molecule has 0 unspecified atom stereocenters. The molecular weight excluding hydrogens is 353 g/mol. The lowest BCUT2D eigenvalue weighted by atomic mass is 10.1. The van der Waals surface area contributed by atoms with Gasteiger partial charge in [-0.25, -0.2) is 4.79 Å². The third-order valence-corrected chi connectivity index (χ3v) is 3.95. The van der Waals surface area contributed by atoms with E-state index in [1.54, 1.807) is 30.3 Å². The summed E-state index contributed by atoms with van der Waals surface area (Å²) in [6, 6.07) is 9.95. The van der Waals surface area contributed by atoms with Gasteiger partial charge in [0.25, 0.3) is 5.91 Å². The van der Waals surface area contributed by atoms with E-state index in [-0.39, 0.29) is 10.6 Å². The van der Waals surface area contributed by atoms with Crippen LogP contribution in [0.2, 0.25) is 10.0 Å². The van der Waals surface area contributed by atoms with Crippen molar-refractivity contribution in [2.24, 2.45) is 0 Å². The molecule has 0 fully saturated rings. The third-order valence-electron chi connectivity index (χ3n) is 3.13. The minimum Gasteiger partial charge on any atom is -0.496 e. The first kappa shape index (κ1) is 18.1. The summed E-state index contributed by atoms with van der Waals surface area (Å²) in [5.74, 6) is -0.800. The smallest absolute Gasteiger partial charge is 0.342 e. The number of methoxy groups -OCH3 is 1. The third kappa shape index (κ3) is 4.40. The molecule has 0 spiro atoms. The lowest BCUT2D eigenvalue weighted by Gasteiger charge is -2.11. The van der Waals surface area contributed by atoms with Crippen LogP contribution in [0.15, 0.2) is 36.4 Å². The minimum absolute atomic E-state index is 0.221. The summed E-state index contributed by atoms with van der Waals surface area (Å²) < 4.78 is 10.1. The molecule has 0 aliphatic heterocycles. The average Bonchev–Trinajstić information content (AvgIpc) is 2.56. The number of anilines is 1. The summed E-state index contributed by atoms with van der Waals surface area (Å²) in [7, 11) is 1.45. The van der Waals surface area contributed by atoms with Gasteiger partial charge in [-0.15, -0.1) is 0 Å². The highest BCUT2D eigenvalue weighted by Crippen LogP contribution is 2.29. The second-order valence-corrected chi connectivity index (χ2v) is 5.71. The van der Waals surface area contributed by atoms with Crippen LogP contribution in [0.3, 0.4) is 0 Å². The Morgan fingerprint density at radius 1 is 1.17 bits per heavy atom. The van der Waals surface area contributed by atoms with Crippen molar-refractivity contribution in [3.8, 4) is 5.75 Å². The standard InChI is InChI=1S/C17H15Cl2NO4/c1-10-6-7-14(23-2)11(8-10)17(22)24-9-15(21)20-13-5-3-4-12(18)16(13)19/h3-8H,9H2,1-2H3,(H,20,21). The Balaban J connectivity index is 2.00. The largest absolute Gasteiger partial charge is 0.496 e. The first-order valence-electron chi connectivity index (χ1n) is 6.98. The van der Waals surface area contributed by atoms with E-state index in [0.29, 0.717) is 16.5 Å². The van der Waals surface area contributed by atoms with Crippen LogP contribution in [0.25, 0.3) is 0 Å². The van der Waals surface area contributed by atoms with Crippen LogP contribution < -0.4 is 10.1 Å². The fourth-order valence-electron chi connectivity index (χ4n) is 1.98. The molecule has 5 nitrogen and oxygen atoms in total. The van der Waals surface area contributed by atoms with Gasteiger partial charge in [0.1, 0.15) is 11.3 Å². The van der Waals surface area contributed by atoms with Crippen LogP contribution >= 0.6 is 23.2 Å². The number of hydrogen-bond donors (Lipinski definition) is 1. The molecule has 0 heterocycles. The predicted octanol–water partition coefficient (Wildman–Crippen LogP) is 4.11. The second kappa shape index (κ2) is 8.04. The molecule has 2 rings (SSSR count). The van der Waals surface area contributed by atoms with Crippen LogP contribution in [0, 0.1) is 6.92 Å². The Labute approximate surface area is 149 Å². The van der Waals surface area contributed by atoms with Crippen molar-refractivity contribution in [2.45, 2.75) is 6.92 Å². The molecule has 0 aliphatic carbocycles. The lowest BCUT2D eigenvalue weighted by molar-refractivity contribution is -0.119. The Hall–Kier alpha value is -2.24. The second-order valence-electron chi connectivity index (χ2n) is 4.93. The van der Waals surface area contributed by atoms with E-state index in [9.17, 15) is 9.59 Å². The summed E-state index contributed by atoms with van der Waals surface area (Å²) in [6.45, 7) is 1.38. The van der Waals surface area contributed by atoms with Crippen LogP contribution in [0.5, 0.6) is 5.75 Å². The molecule has 24 heavy (non-hydrogen) atoms. The van der Waals surface area contributed by atoms with E-state index >= 15 is 0 Å². The molecule has 0 atom stereocenters. The van der Waals surface area contributed by atoms with Gasteiger partial charge < -0.3 is 14.8 Å². The van der Waals surface area contributed by atoms with E-state index in [2.05, 4.69) is 5.32 Å². The number of nitrogens with one attached hydrogen (secondary N) is 1. The van der Waals surface area contributed by atoms with Crippen LogP contribution in [0.4, 0.5) is 5.69 Å². The maximum absolute atomic E-state index is 12.1. The first-order valence-corrected chi connectivity index (χ1v) is 7.73. The number of halogens is 2.